The lowest BCUT2D eigenvalue weighted by molar-refractivity contribution is 0.447. The predicted molar refractivity (Wildman–Crippen MR) is 278 cm³/mol. The molecule has 2 unspecified atom stereocenters. The van der Waals surface area contributed by atoms with E-state index in [0.29, 0.717) is 6.54 Å². The van der Waals surface area contributed by atoms with Crippen LogP contribution in [0.25, 0.3) is 5.70 Å². The summed E-state index contributed by atoms with van der Waals surface area (Å²) in [5.41, 5.74) is 25.8. The van der Waals surface area contributed by atoms with Crippen LogP contribution in [0.5, 0.6) is 0 Å². The molecular weight excluding hydrogens is 821 g/mol. The van der Waals surface area contributed by atoms with Crippen LogP contribution in [0.2, 0.25) is 0 Å². The Hall–Kier alpha value is -8.46. The summed E-state index contributed by atoms with van der Waals surface area (Å²) in [6, 6.07) is 75.4. The van der Waals surface area contributed by atoms with Crippen LogP contribution in [-0.2, 0) is 0 Å². The maximum absolute atomic E-state index is 6.59. The molecule has 8 aromatic rings. The highest BCUT2D eigenvalue weighted by molar-refractivity contribution is 6.02. The topological polar surface area (TPSA) is 75.1 Å². The lowest BCUT2D eigenvalue weighted by Crippen LogP contribution is -2.59. The van der Waals surface area contributed by atoms with E-state index in [0.717, 1.165) is 98.0 Å². The number of benzene rings is 8. The van der Waals surface area contributed by atoms with Crippen molar-refractivity contribution < 1.29 is 0 Å². The van der Waals surface area contributed by atoms with Crippen LogP contribution in [0, 0.1) is 0 Å². The Balaban J connectivity index is 0.935. The molecule has 0 saturated heterocycles. The van der Waals surface area contributed by atoms with Crippen LogP contribution in [0.15, 0.2) is 241 Å². The third-order valence-corrected chi connectivity index (χ3v) is 13.3. The van der Waals surface area contributed by atoms with Gasteiger partial charge in [-0.2, -0.15) is 0 Å². The van der Waals surface area contributed by atoms with E-state index in [1.807, 2.05) is 6.07 Å². The fourth-order valence-corrected chi connectivity index (χ4v) is 10.2. The quantitative estimate of drug-likeness (QED) is 0.114. The number of allylic oxidation sites excluding steroid dienone is 4. The summed E-state index contributed by atoms with van der Waals surface area (Å²) in [5, 5.41) is 11.7. The predicted octanol–water partition coefficient (Wildman–Crippen LogP) is 13.8. The van der Waals surface area contributed by atoms with Crippen molar-refractivity contribution in [3.05, 3.63) is 247 Å². The first kappa shape index (κ1) is 40.1. The standard InChI is InChI=1S/C59H50N8/c60-40-48-59(61-43-18-4-1-5-19-43)63-58(42-34-38-47(39-35-42)67-55-30-16-12-26-51(55)65(45-22-8-3-9-23-45)52-27-13-17-31-56(52)67)57(62-48)41-32-36-46(37-33-41)66-53-28-14-10-24-49(53)64(44-20-6-2-7-21-44)50-25-11-15-29-54(50)66/h1-34,36-38,48,59,61-63H,35,39-40,60H2. The Kier molecular flexibility index (Phi) is 10.3. The SMILES string of the molecule is NCC1NC(c2ccc(N3c4ccccc4N(c4ccccc4)c4ccccc43)cc2)=C(C2=CC=C(N3c4ccccc4N(c4ccccc4)c4ccccc43)CC2)NC1Nc1ccccc1. The molecule has 8 heteroatoms. The van der Waals surface area contributed by atoms with Gasteiger partial charge in [0, 0.05) is 35.0 Å². The molecule has 67 heavy (non-hydrogen) atoms. The second-order valence-electron chi connectivity index (χ2n) is 17.2. The number of nitrogens with two attached hydrogens (primary N) is 1. The maximum Gasteiger partial charge on any atom is 0.119 e. The fraction of sp³-hybridized carbons (Fsp3) is 0.0847. The van der Waals surface area contributed by atoms with Gasteiger partial charge in [0.1, 0.15) is 6.17 Å². The van der Waals surface area contributed by atoms with Crippen molar-refractivity contribution in [3.8, 4) is 0 Å². The van der Waals surface area contributed by atoms with Gasteiger partial charge in [0.15, 0.2) is 0 Å². The van der Waals surface area contributed by atoms with Crippen LogP contribution in [-0.4, -0.2) is 18.8 Å². The number of fused-ring (bicyclic) bond motifs is 4. The zero-order valence-corrected chi connectivity index (χ0v) is 37.0. The minimum Gasteiger partial charge on any atom is -0.375 e. The molecule has 12 rings (SSSR count). The summed E-state index contributed by atoms with van der Waals surface area (Å²) in [6.45, 7) is 0.433. The number of para-hydroxylation sites is 11. The summed E-state index contributed by atoms with van der Waals surface area (Å²) >= 11 is 0. The van der Waals surface area contributed by atoms with Crippen molar-refractivity contribution in [2.75, 3.05) is 31.5 Å². The molecule has 8 nitrogen and oxygen atoms in total. The van der Waals surface area contributed by atoms with Gasteiger partial charge in [0.2, 0.25) is 0 Å². The van der Waals surface area contributed by atoms with E-state index in [1.165, 1.54) is 11.3 Å². The third kappa shape index (κ3) is 7.15. The van der Waals surface area contributed by atoms with Crippen molar-refractivity contribution in [2.45, 2.75) is 25.0 Å². The van der Waals surface area contributed by atoms with Gasteiger partial charge in [-0.15, -0.1) is 0 Å². The van der Waals surface area contributed by atoms with Crippen LogP contribution in [0.1, 0.15) is 18.4 Å². The molecule has 3 aliphatic heterocycles. The molecule has 8 aromatic carbocycles. The molecule has 0 bridgehead atoms. The molecule has 0 aromatic heterocycles. The molecule has 0 saturated carbocycles. The highest BCUT2D eigenvalue weighted by Gasteiger charge is 2.35. The number of nitrogens with one attached hydrogen (secondary N) is 3. The third-order valence-electron chi connectivity index (χ3n) is 13.3. The van der Waals surface area contributed by atoms with E-state index in [4.69, 9.17) is 5.73 Å². The Morgan fingerprint density at radius 1 is 0.403 bits per heavy atom. The van der Waals surface area contributed by atoms with E-state index in [9.17, 15) is 0 Å². The number of nitrogens with zero attached hydrogens (tertiary/aromatic N) is 4. The van der Waals surface area contributed by atoms with E-state index >= 15 is 0 Å². The first-order valence-electron chi connectivity index (χ1n) is 23.2. The van der Waals surface area contributed by atoms with Crippen molar-refractivity contribution in [1.82, 2.24) is 10.6 Å². The van der Waals surface area contributed by atoms with Crippen molar-refractivity contribution in [1.29, 1.82) is 0 Å². The minimum absolute atomic E-state index is 0.0901. The Morgan fingerprint density at radius 2 is 0.806 bits per heavy atom. The zero-order chi connectivity index (χ0) is 44.7. The average Bonchev–Trinajstić information content (AvgIpc) is 3.40. The minimum atomic E-state index is -0.157. The smallest absolute Gasteiger partial charge is 0.119 e. The molecule has 3 heterocycles. The van der Waals surface area contributed by atoms with E-state index in [-0.39, 0.29) is 12.2 Å². The average molecular weight is 871 g/mol. The second-order valence-corrected chi connectivity index (χ2v) is 17.2. The molecule has 4 aliphatic rings. The molecule has 5 N–H and O–H groups in total. The fourth-order valence-electron chi connectivity index (χ4n) is 10.2. The summed E-state index contributed by atoms with van der Waals surface area (Å²) in [7, 11) is 0. The van der Waals surface area contributed by atoms with Gasteiger partial charge in [0.25, 0.3) is 0 Å². The van der Waals surface area contributed by atoms with Crippen molar-refractivity contribution in [3.63, 3.8) is 0 Å². The van der Waals surface area contributed by atoms with Gasteiger partial charge in [-0.25, -0.2) is 0 Å². The van der Waals surface area contributed by atoms with Gasteiger partial charge in [-0.1, -0.05) is 121 Å². The monoisotopic (exact) mass is 870 g/mol. The molecule has 0 radical (unpaired) electrons. The Labute approximate surface area is 392 Å². The molecule has 1 aliphatic carbocycles. The number of rotatable bonds is 9. The van der Waals surface area contributed by atoms with E-state index < -0.39 is 0 Å². The highest BCUT2D eigenvalue weighted by atomic mass is 15.3. The van der Waals surface area contributed by atoms with Crippen LogP contribution >= 0.6 is 0 Å². The summed E-state index contributed by atoms with van der Waals surface area (Å²) < 4.78 is 0. The Bertz CT molecular complexity index is 3090. The molecule has 326 valence electrons. The highest BCUT2D eigenvalue weighted by Crippen LogP contribution is 2.55. The summed E-state index contributed by atoms with van der Waals surface area (Å²) in [6.07, 6.45) is 6.16. The lowest BCUT2D eigenvalue weighted by Gasteiger charge is -2.42. The van der Waals surface area contributed by atoms with Crippen LogP contribution < -0.4 is 41.3 Å². The number of hydrogen-bond donors (Lipinski definition) is 4. The van der Waals surface area contributed by atoms with Gasteiger partial charge in [0.05, 0.1) is 62.9 Å². The Morgan fingerprint density at radius 3 is 1.22 bits per heavy atom. The molecule has 0 spiro atoms. The number of anilines is 12. The van der Waals surface area contributed by atoms with Crippen molar-refractivity contribution >= 4 is 73.9 Å². The van der Waals surface area contributed by atoms with Gasteiger partial charge < -0.3 is 41.3 Å². The van der Waals surface area contributed by atoms with E-state index in [1.54, 1.807) is 0 Å². The molecular formula is C59H50N8. The van der Waals surface area contributed by atoms with Crippen LogP contribution in [0.3, 0.4) is 0 Å². The largest absolute Gasteiger partial charge is 0.375 e. The zero-order valence-electron chi connectivity index (χ0n) is 37.0. The van der Waals surface area contributed by atoms with Gasteiger partial charge in [-0.05, 0) is 127 Å². The first-order chi connectivity index (χ1) is 33.2. The molecule has 0 amide bonds. The summed E-state index contributed by atoms with van der Waals surface area (Å²) in [4.78, 5) is 9.57. The molecule has 2 atom stereocenters. The summed E-state index contributed by atoms with van der Waals surface area (Å²) in [5.74, 6) is 0. The maximum atomic E-state index is 6.59. The lowest BCUT2D eigenvalue weighted by atomic mass is 9.92. The van der Waals surface area contributed by atoms with Crippen molar-refractivity contribution in [2.24, 2.45) is 5.73 Å². The van der Waals surface area contributed by atoms with Gasteiger partial charge >= 0.3 is 0 Å². The normalized spacial score (nSPS) is 17.2. The number of hydrogen-bond acceptors (Lipinski definition) is 8. The second kappa shape index (κ2) is 17.2. The molecule has 0 fully saturated rings. The first-order valence-corrected chi connectivity index (χ1v) is 23.2. The van der Waals surface area contributed by atoms with Crippen LogP contribution in [0.4, 0.5) is 68.2 Å². The van der Waals surface area contributed by atoms with Gasteiger partial charge in [-0.3, -0.25) is 0 Å². The van der Waals surface area contributed by atoms with E-state index in [2.05, 4.69) is 254 Å².